The minimum Gasteiger partial charge on any atom is -0.347 e. The number of likely N-dealkylation sites (tertiary alicyclic amines) is 1. The molecule has 3 fully saturated rings. The molecule has 3 aliphatic rings. The number of amides is 2. The normalized spacial score (nSPS) is 32.5. The minimum atomic E-state index is -2.77. The Morgan fingerprint density at radius 3 is 2.50 bits per heavy atom. The molecule has 0 radical (unpaired) electrons. The van der Waals surface area contributed by atoms with E-state index in [9.17, 15) is 18.4 Å². The molecule has 0 aromatic heterocycles. The number of alkyl halides is 2. The van der Waals surface area contributed by atoms with Gasteiger partial charge in [0.1, 0.15) is 0 Å². The van der Waals surface area contributed by atoms with Crippen LogP contribution in [0.2, 0.25) is 0 Å². The number of carbonyl (C=O) groups excluding carboxylic acids is 2. The molecular formula is C20H24F2N2O2. The maximum atomic E-state index is 13.5. The van der Waals surface area contributed by atoms with Crippen LogP contribution < -0.4 is 5.32 Å². The van der Waals surface area contributed by atoms with Gasteiger partial charge in [0.2, 0.25) is 5.91 Å². The molecule has 1 aromatic carbocycles. The SMILES string of the molecule is O=C(N[C@@H]1CCC1(F)F)[C@H]1CCC[C@@]12CCN(C(=O)c1ccccc1)C2. The maximum absolute atomic E-state index is 13.5. The zero-order valence-electron chi connectivity index (χ0n) is 14.7. The molecule has 0 bridgehead atoms. The lowest BCUT2D eigenvalue weighted by Crippen LogP contribution is -2.57. The van der Waals surface area contributed by atoms with Crippen molar-refractivity contribution in [1.82, 2.24) is 10.2 Å². The van der Waals surface area contributed by atoms with Gasteiger partial charge in [0.15, 0.2) is 0 Å². The maximum Gasteiger partial charge on any atom is 0.267 e. The van der Waals surface area contributed by atoms with Gasteiger partial charge in [-0.25, -0.2) is 8.78 Å². The Balaban J connectivity index is 1.44. The van der Waals surface area contributed by atoms with Crippen LogP contribution in [0.1, 0.15) is 48.9 Å². The number of hydrogen-bond donors (Lipinski definition) is 1. The molecule has 1 spiro atoms. The monoisotopic (exact) mass is 362 g/mol. The fraction of sp³-hybridized carbons (Fsp3) is 0.600. The van der Waals surface area contributed by atoms with Crippen LogP contribution in [0.3, 0.4) is 0 Å². The topological polar surface area (TPSA) is 49.4 Å². The largest absolute Gasteiger partial charge is 0.347 e. The summed E-state index contributed by atoms with van der Waals surface area (Å²) in [6.45, 7) is 1.16. The quantitative estimate of drug-likeness (QED) is 0.897. The Hall–Kier alpha value is -1.98. The van der Waals surface area contributed by atoms with E-state index in [1.54, 1.807) is 12.1 Å². The first-order valence-electron chi connectivity index (χ1n) is 9.44. The number of halogens is 2. The third kappa shape index (κ3) is 2.89. The third-order valence-corrected chi connectivity index (χ3v) is 6.51. The molecule has 1 N–H and O–H groups in total. The van der Waals surface area contributed by atoms with E-state index in [4.69, 9.17) is 0 Å². The van der Waals surface area contributed by atoms with Gasteiger partial charge in [-0.2, -0.15) is 0 Å². The van der Waals surface area contributed by atoms with E-state index in [1.165, 1.54) is 0 Å². The van der Waals surface area contributed by atoms with Crippen molar-refractivity contribution in [3.05, 3.63) is 35.9 Å². The fourth-order valence-corrected chi connectivity index (χ4v) is 4.83. The summed E-state index contributed by atoms with van der Waals surface area (Å²) in [6.07, 6.45) is 3.48. The Labute approximate surface area is 151 Å². The van der Waals surface area contributed by atoms with Crippen molar-refractivity contribution in [2.45, 2.75) is 50.5 Å². The summed E-state index contributed by atoms with van der Waals surface area (Å²) in [4.78, 5) is 27.2. The van der Waals surface area contributed by atoms with Gasteiger partial charge in [0, 0.05) is 36.4 Å². The highest BCUT2D eigenvalue weighted by molar-refractivity contribution is 5.94. The second-order valence-electron chi connectivity index (χ2n) is 8.01. The van der Waals surface area contributed by atoms with Crippen LogP contribution in [0.4, 0.5) is 8.78 Å². The highest BCUT2D eigenvalue weighted by Crippen LogP contribution is 2.50. The van der Waals surface area contributed by atoms with Gasteiger partial charge in [-0.15, -0.1) is 0 Å². The van der Waals surface area contributed by atoms with Crippen molar-refractivity contribution in [2.75, 3.05) is 13.1 Å². The van der Waals surface area contributed by atoms with Crippen molar-refractivity contribution in [3.63, 3.8) is 0 Å². The summed E-state index contributed by atoms with van der Waals surface area (Å²) in [6, 6.07) is 8.12. The van der Waals surface area contributed by atoms with E-state index >= 15 is 0 Å². The molecule has 1 aromatic rings. The molecule has 3 atom stereocenters. The lowest BCUT2D eigenvalue weighted by molar-refractivity contribution is -0.142. The highest BCUT2D eigenvalue weighted by atomic mass is 19.3. The van der Waals surface area contributed by atoms with Crippen LogP contribution in [0.15, 0.2) is 30.3 Å². The highest BCUT2D eigenvalue weighted by Gasteiger charge is 2.54. The summed E-state index contributed by atoms with van der Waals surface area (Å²) in [5, 5.41) is 2.58. The number of carbonyl (C=O) groups is 2. The number of benzene rings is 1. The second kappa shape index (κ2) is 6.32. The van der Waals surface area contributed by atoms with E-state index < -0.39 is 12.0 Å². The van der Waals surface area contributed by atoms with E-state index in [0.29, 0.717) is 25.1 Å². The van der Waals surface area contributed by atoms with Crippen molar-refractivity contribution in [3.8, 4) is 0 Å². The van der Waals surface area contributed by atoms with Gasteiger partial charge in [-0.1, -0.05) is 24.6 Å². The first-order chi connectivity index (χ1) is 12.4. The van der Waals surface area contributed by atoms with Crippen LogP contribution in [0.5, 0.6) is 0 Å². The fourth-order valence-electron chi connectivity index (χ4n) is 4.83. The minimum absolute atomic E-state index is 0.0148. The summed E-state index contributed by atoms with van der Waals surface area (Å²) in [7, 11) is 0. The number of rotatable bonds is 3. The van der Waals surface area contributed by atoms with Gasteiger partial charge in [-0.3, -0.25) is 9.59 Å². The van der Waals surface area contributed by atoms with Crippen LogP contribution in [0.25, 0.3) is 0 Å². The van der Waals surface area contributed by atoms with Crippen LogP contribution in [0, 0.1) is 11.3 Å². The Bertz CT molecular complexity index is 709. The number of hydrogen-bond acceptors (Lipinski definition) is 2. The van der Waals surface area contributed by atoms with Crippen LogP contribution in [-0.2, 0) is 4.79 Å². The first kappa shape index (κ1) is 17.4. The van der Waals surface area contributed by atoms with E-state index in [0.717, 1.165) is 25.7 Å². The molecule has 140 valence electrons. The standard InChI is InChI=1S/C20H24F2N2O2/c21-20(22)10-8-16(20)23-17(25)15-7-4-9-19(15)11-12-24(13-19)18(26)14-5-2-1-3-6-14/h1-3,5-6,15-16H,4,7-13H2,(H,23,25)/t15-,16-,19+/m1/s1. The van der Waals surface area contributed by atoms with E-state index in [2.05, 4.69) is 5.32 Å². The predicted octanol–water partition coefficient (Wildman–Crippen LogP) is 3.23. The van der Waals surface area contributed by atoms with Crippen molar-refractivity contribution >= 4 is 11.8 Å². The Morgan fingerprint density at radius 1 is 1.08 bits per heavy atom. The molecule has 2 aliphatic carbocycles. The first-order valence-corrected chi connectivity index (χ1v) is 9.44. The molecule has 6 heteroatoms. The zero-order chi connectivity index (χ0) is 18.4. The molecule has 1 aliphatic heterocycles. The molecule has 26 heavy (non-hydrogen) atoms. The summed E-state index contributed by atoms with van der Waals surface area (Å²) >= 11 is 0. The van der Waals surface area contributed by atoms with Gasteiger partial charge >= 0.3 is 0 Å². The molecule has 0 unspecified atom stereocenters. The summed E-state index contributed by atoms with van der Waals surface area (Å²) in [5.74, 6) is -3.31. The predicted molar refractivity (Wildman–Crippen MR) is 92.8 cm³/mol. The zero-order valence-corrected chi connectivity index (χ0v) is 14.7. The third-order valence-electron chi connectivity index (χ3n) is 6.51. The Morgan fingerprint density at radius 2 is 1.85 bits per heavy atom. The molecule has 4 rings (SSSR count). The smallest absolute Gasteiger partial charge is 0.267 e. The summed E-state index contributed by atoms with van der Waals surface area (Å²) in [5.41, 5.74) is 0.394. The number of nitrogens with zero attached hydrogens (tertiary/aromatic N) is 1. The molecule has 1 heterocycles. The molecule has 2 amide bonds. The van der Waals surface area contributed by atoms with Crippen LogP contribution >= 0.6 is 0 Å². The Kier molecular flexibility index (Phi) is 4.24. The van der Waals surface area contributed by atoms with Crippen molar-refractivity contribution in [2.24, 2.45) is 11.3 Å². The average molecular weight is 362 g/mol. The summed E-state index contributed by atoms with van der Waals surface area (Å²) < 4.78 is 27.0. The average Bonchev–Trinajstić information content (AvgIpc) is 3.26. The lowest BCUT2D eigenvalue weighted by Gasteiger charge is -2.39. The molecule has 1 saturated heterocycles. The lowest BCUT2D eigenvalue weighted by atomic mass is 9.76. The second-order valence-corrected chi connectivity index (χ2v) is 8.01. The van der Waals surface area contributed by atoms with Crippen molar-refractivity contribution < 1.29 is 18.4 Å². The van der Waals surface area contributed by atoms with Gasteiger partial charge in [-0.05, 0) is 37.8 Å². The van der Waals surface area contributed by atoms with Gasteiger partial charge < -0.3 is 10.2 Å². The van der Waals surface area contributed by atoms with Gasteiger partial charge in [0.25, 0.3) is 11.8 Å². The van der Waals surface area contributed by atoms with Crippen LogP contribution in [-0.4, -0.2) is 41.8 Å². The molecular weight excluding hydrogens is 338 g/mol. The van der Waals surface area contributed by atoms with Crippen molar-refractivity contribution in [1.29, 1.82) is 0 Å². The van der Waals surface area contributed by atoms with E-state index in [1.807, 2.05) is 23.1 Å². The molecule has 4 nitrogen and oxygen atoms in total. The van der Waals surface area contributed by atoms with E-state index in [-0.39, 0.29) is 29.6 Å². The van der Waals surface area contributed by atoms with Gasteiger partial charge in [0.05, 0.1) is 6.04 Å². The molecule has 2 saturated carbocycles. The number of nitrogens with one attached hydrogen (secondary N) is 1.